The van der Waals surface area contributed by atoms with Crippen LogP contribution in [0.5, 0.6) is 5.88 Å². The number of alkyl halides is 2. The molecule has 1 aromatic rings. The molecule has 7 heteroatoms. The van der Waals surface area contributed by atoms with Gasteiger partial charge in [-0.1, -0.05) is 0 Å². The summed E-state index contributed by atoms with van der Waals surface area (Å²) < 4.78 is 35.5. The van der Waals surface area contributed by atoms with Gasteiger partial charge in [0.1, 0.15) is 0 Å². The van der Waals surface area contributed by atoms with Crippen LogP contribution >= 0.6 is 0 Å². The first-order valence-electron chi connectivity index (χ1n) is 5.73. The van der Waals surface area contributed by atoms with Crippen LogP contribution in [0, 0.1) is 0 Å². The second-order valence-corrected chi connectivity index (χ2v) is 3.67. The Morgan fingerprint density at radius 3 is 2.63 bits per heavy atom. The van der Waals surface area contributed by atoms with E-state index in [0.717, 1.165) is 6.20 Å². The van der Waals surface area contributed by atoms with Crippen LogP contribution in [0.15, 0.2) is 6.20 Å². The second-order valence-electron chi connectivity index (χ2n) is 3.67. The summed E-state index contributed by atoms with van der Waals surface area (Å²) in [5.41, 5.74) is 5.63. The number of hydrogen-bond acceptors (Lipinski definition) is 5. The Morgan fingerprint density at radius 2 is 2.16 bits per heavy atom. The molecule has 0 saturated carbocycles. The molecule has 0 radical (unpaired) electrons. The molecule has 0 atom stereocenters. The van der Waals surface area contributed by atoms with Crippen LogP contribution in [-0.2, 0) is 22.5 Å². The van der Waals surface area contributed by atoms with Gasteiger partial charge in [0.05, 0.1) is 20.1 Å². The molecular weight excluding hydrogens is 258 g/mol. The number of carbonyl (C=O) groups is 1. The third kappa shape index (κ3) is 3.60. The zero-order chi connectivity index (χ0) is 14.4. The van der Waals surface area contributed by atoms with Crippen LogP contribution in [0.1, 0.15) is 30.0 Å². The van der Waals surface area contributed by atoms with Gasteiger partial charge in [0, 0.05) is 23.9 Å². The van der Waals surface area contributed by atoms with Crippen LogP contribution in [0.3, 0.4) is 0 Å². The number of pyridine rings is 1. The van der Waals surface area contributed by atoms with E-state index in [1.165, 1.54) is 7.11 Å². The lowest BCUT2D eigenvalue weighted by atomic mass is 10.0. The average molecular weight is 274 g/mol. The lowest BCUT2D eigenvalue weighted by Crippen LogP contribution is -2.15. The van der Waals surface area contributed by atoms with Crippen molar-refractivity contribution in [3.05, 3.63) is 22.9 Å². The van der Waals surface area contributed by atoms with Crippen molar-refractivity contribution >= 4 is 5.97 Å². The summed E-state index contributed by atoms with van der Waals surface area (Å²) in [4.78, 5) is 15.3. The van der Waals surface area contributed by atoms with Gasteiger partial charge in [-0.15, -0.1) is 0 Å². The molecule has 0 bridgehead atoms. The van der Waals surface area contributed by atoms with Gasteiger partial charge < -0.3 is 15.2 Å². The summed E-state index contributed by atoms with van der Waals surface area (Å²) in [5.74, 6) is -0.429. The largest absolute Gasteiger partial charge is 0.481 e. The SMILES string of the molecule is CCOC(=O)Cc1c(OC)ncc(C(F)F)c1CN. The van der Waals surface area contributed by atoms with E-state index < -0.39 is 12.4 Å². The topological polar surface area (TPSA) is 74.4 Å². The summed E-state index contributed by atoms with van der Waals surface area (Å²) in [6, 6.07) is 0. The van der Waals surface area contributed by atoms with Crippen molar-refractivity contribution in [2.75, 3.05) is 13.7 Å². The van der Waals surface area contributed by atoms with Crippen molar-refractivity contribution < 1.29 is 23.0 Å². The summed E-state index contributed by atoms with van der Waals surface area (Å²) >= 11 is 0. The van der Waals surface area contributed by atoms with Gasteiger partial charge in [-0.2, -0.15) is 0 Å². The second kappa shape index (κ2) is 6.98. The minimum absolute atomic E-state index is 0.109. The molecule has 1 heterocycles. The fraction of sp³-hybridized carbons (Fsp3) is 0.500. The van der Waals surface area contributed by atoms with Crippen LogP contribution in [0.4, 0.5) is 8.78 Å². The Labute approximate surface area is 109 Å². The lowest BCUT2D eigenvalue weighted by Gasteiger charge is -2.15. The first-order valence-corrected chi connectivity index (χ1v) is 5.73. The first-order chi connectivity index (χ1) is 9.04. The highest BCUT2D eigenvalue weighted by Gasteiger charge is 2.22. The number of nitrogens with zero attached hydrogens (tertiary/aromatic N) is 1. The Hall–Kier alpha value is -1.76. The van der Waals surface area contributed by atoms with Crippen LogP contribution in [0.25, 0.3) is 0 Å². The third-order valence-corrected chi connectivity index (χ3v) is 2.55. The van der Waals surface area contributed by atoms with Gasteiger partial charge in [-0.3, -0.25) is 4.79 Å². The van der Waals surface area contributed by atoms with Crippen molar-refractivity contribution in [3.8, 4) is 5.88 Å². The van der Waals surface area contributed by atoms with E-state index in [4.69, 9.17) is 15.2 Å². The average Bonchev–Trinajstić information content (AvgIpc) is 2.38. The molecule has 1 rings (SSSR count). The summed E-state index contributed by atoms with van der Waals surface area (Å²) in [5, 5.41) is 0. The molecule has 2 N–H and O–H groups in total. The number of carbonyl (C=O) groups excluding carboxylic acids is 1. The molecule has 0 fully saturated rings. The van der Waals surface area contributed by atoms with E-state index in [0.29, 0.717) is 0 Å². The lowest BCUT2D eigenvalue weighted by molar-refractivity contribution is -0.142. The number of hydrogen-bond donors (Lipinski definition) is 1. The van der Waals surface area contributed by atoms with E-state index in [2.05, 4.69) is 4.98 Å². The summed E-state index contributed by atoms with van der Waals surface area (Å²) in [6.45, 7) is 1.74. The third-order valence-electron chi connectivity index (χ3n) is 2.55. The Balaban J connectivity index is 3.23. The highest BCUT2D eigenvalue weighted by Crippen LogP contribution is 2.29. The van der Waals surface area contributed by atoms with Gasteiger partial charge in [0.2, 0.25) is 5.88 Å². The van der Waals surface area contributed by atoms with Gasteiger partial charge in [-0.05, 0) is 12.5 Å². The molecule has 0 spiro atoms. The predicted molar refractivity (Wildman–Crippen MR) is 64.0 cm³/mol. The normalized spacial score (nSPS) is 10.6. The molecule has 19 heavy (non-hydrogen) atoms. The molecule has 1 aromatic heterocycles. The molecule has 0 aromatic carbocycles. The van der Waals surface area contributed by atoms with E-state index in [1.54, 1.807) is 6.92 Å². The molecule has 106 valence electrons. The Kier molecular flexibility index (Phi) is 5.62. The van der Waals surface area contributed by atoms with E-state index >= 15 is 0 Å². The molecule has 0 aliphatic heterocycles. The molecule has 0 saturated heterocycles. The Morgan fingerprint density at radius 1 is 1.47 bits per heavy atom. The van der Waals surface area contributed by atoms with Gasteiger partial charge >= 0.3 is 5.97 Å². The molecule has 0 amide bonds. The van der Waals surface area contributed by atoms with Crippen molar-refractivity contribution in [1.29, 1.82) is 0 Å². The number of ether oxygens (including phenoxy) is 2. The number of esters is 1. The minimum Gasteiger partial charge on any atom is -0.481 e. The highest BCUT2D eigenvalue weighted by atomic mass is 19.3. The minimum atomic E-state index is -2.71. The monoisotopic (exact) mass is 274 g/mol. The molecule has 5 nitrogen and oxygen atoms in total. The fourth-order valence-electron chi connectivity index (χ4n) is 1.73. The summed E-state index contributed by atoms with van der Waals surface area (Å²) in [7, 11) is 1.35. The van der Waals surface area contributed by atoms with Crippen molar-refractivity contribution in [1.82, 2.24) is 4.98 Å². The Bertz CT molecular complexity index is 453. The maximum atomic E-state index is 12.9. The summed E-state index contributed by atoms with van der Waals surface area (Å²) in [6.07, 6.45) is -1.89. The highest BCUT2D eigenvalue weighted by molar-refractivity contribution is 5.74. The molecular formula is C12H16F2N2O3. The zero-order valence-electron chi connectivity index (χ0n) is 10.8. The number of nitrogens with two attached hydrogens (primary N) is 1. The number of methoxy groups -OCH3 is 1. The van der Waals surface area contributed by atoms with Crippen molar-refractivity contribution in [3.63, 3.8) is 0 Å². The number of halogens is 2. The molecule has 0 aliphatic rings. The van der Waals surface area contributed by atoms with Gasteiger partial charge in [0.15, 0.2) is 0 Å². The quantitative estimate of drug-likeness (QED) is 0.797. The zero-order valence-corrected chi connectivity index (χ0v) is 10.8. The first kappa shape index (κ1) is 15.3. The van der Waals surface area contributed by atoms with Crippen LogP contribution in [-0.4, -0.2) is 24.7 Å². The van der Waals surface area contributed by atoms with Crippen molar-refractivity contribution in [2.45, 2.75) is 26.3 Å². The van der Waals surface area contributed by atoms with E-state index in [1.807, 2.05) is 0 Å². The van der Waals surface area contributed by atoms with Crippen LogP contribution in [0.2, 0.25) is 0 Å². The number of rotatable bonds is 6. The number of aromatic nitrogens is 1. The van der Waals surface area contributed by atoms with Crippen molar-refractivity contribution in [2.24, 2.45) is 5.73 Å². The van der Waals surface area contributed by atoms with E-state index in [9.17, 15) is 13.6 Å². The fourth-order valence-corrected chi connectivity index (χ4v) is 1.73. The van der Waals surface area contributed by atoms with E-state index in [-0.39, 0.29) is 42.1 Å². The standard InChI is InChI=1S/C12H16F2N2O3/c1-3-19-10(17)4-7-8(5-15)9(11(13)14)6-16-12(7)18-2/h6,11H,3-5,15H2,1-2H3. The maximum absolute atomic E-state index is 12.9. The molecule has 0 unspecified atom stereocenters. The van der Waals surface area contributed by atoms with Gasteiger partial charge in [0.25, 0.3) is 6.43 Å². The maximum Gasteiger partial charge on any atom is 0.310 e. The van der Waals surface area contributed by atoms with Crippen LogP contribution < -0.4 is 10.5 Å². The molecule has 0 aliphatic carbocycles. The smallest absolute Gasteiger partial charge is 0.310 e. The predicted octanol–water partition coefficient (Wildman–Crippen LogP) is 1.59. The van der Waals surface area contributed by atoms with Gasteiger partial charge in [-0.25, -0.2) is 13.8 Å².